The van der Waals surface area contributed by atoms with E-state index in [0.29, 0.717) is 38.2 Å². The Kier molecular flexibility index (Phi) is 7.49. The number of rotatable bonds is 6. The highest BCUT2D eigenvalue weighted by molar-refractivity contribution is 9.10. The molecule has 4 rings (SSSR count). The predicted molar refractivity (Wildman–Crippen MR) is 140 cm³/mol. The molecule has 172 valence electrons. The van der Waals surface area contributed by atoms with Crippen LogP contribution in [0, 0.1) is 0 Å². The first-order valence-corrected chi connectivity index (χ1v) is 12.1. The van der Waals surface area contributed by atoms with Crippen molar-refractivity contribution in [2.24, 2.45) is 4.99 Å². The summed E-state index contributed by atoms with van der Waals surface area (Å²) in [7, 11) is 0. The molecule has 8 heteroatoms. The minimum Gasteiger partial charge on any atom is -0.490 e. The summed E-state index contributed by atoms with van der Waals surface area (Å²) in [5, 5.41) is 0.561. The molecule has 0 radical (unpaired) electrons. The van der Waals surface area contributed by atoms with Crippen LogP contribution in [0.1, 0.15) is 19.4 Å². The van der Waals surface area contributed by atoms with Gasteiger partial charge in [-0.15, -0.1) is 0 Å². The molecule has 3 aromatic carbocycles. The molecule has 0 unspecified atom stereocenters. The molecule has 0 bridgehead atoms. The molecule has 3 aromatic rings. The monoisotopic (exact) mass is 536 g/mol. The van der Waals surface area contributed by atoms with Gasteiger partial charge >= 0.3 is 5.97 Å². The van der Waals surface area contributed by atoms with Crippen LogP contribution >= 0.6 is 27.7 Å². The number of aliphatic imine (C=N–C) groups is 1. The zero-order valence-corrected chi connectivity index (χ0v) is 20.9. The van der Waals surface area contributed by atoms with Gasteiger partial charge < -0.3 is 9.47 Å². The summed E-state index contributed by atoms with van der Waals surface area (Å²) in [4.78, 5) is 31.8. The van der Waals surface area contributed by atoms with Crippen molar-refractivity contribution in [2.45, 2.75) is 13.8 Å². The topological polar surface area (TPSA) is 68.2 Å². The number of esters is 1. The van der Waals surface area contributed by atoms with Crippen LogP contribution in [0.25, 0.3) is 6.08 Å². The molecule has 1 aliphatic rings. The number of thioether (sulfide) groups is 1. The Morgan fingerprint density at radius 1 is 1.06 bits per heavy atom. The third-order valence-electron chi connectivity index (χ3n) is 4.70. The largest absolute Gasteiger partial charge is 0.490 e. The summed E-state index contributed by atoms with van der Waals surface area (Å²) in [6, 6.07) is 22.3. The number of halogens is 1. The van der Waals surface area contributed by atoms with E-state index in [1.54, 1.807) is 23.1 Å². The van der Waals surface area contributed by atoms with Crippen molar-refractivity contribution in [3.63, 3.8) is 0 Å². The van der Waals surface area contributed by atoms with Gasteiger partial charge in [0.2, 0.25) is 0 Å². The Labute approximate surface area is 210 Å². The zero-order chi connectivity index (χ0) is 24.1. The van der Waals surface area contributed by atoms with E-state index in [1.165, 1.54) is 18.7 Å². The molecule has 1 amide bonds. The lowest BCUT2D eigenvalue weighted by Gasteiger charge is -2.15. The van der Waals surface area contributed by atoms with E-state index in [2.05, 4.69) is 15.9 Å². The van der Waals surface area contributed by atoms with Crippen LogP contribution in [0.4, 0.5) is 11.4 Å². The lowest BCUT2D eigenvalue weighted by Crippen LogP contribution is -2.28. The second-order valence-electron chi connectivity index (χ2n) is 7.16. The summed E-state index contributed by atoms with van der Waals surface area (Å²) in [5.41, 5.74) is 2.20. The van der Waals surface area contributed by atoms with Crippen LogP contribution in [0.15, 0.2) is 87.2 Å². The van der Waals surface area contributed by atoms with Gasteiger partial charge in [-0.1, -0.05) is 52.3 Å². The highest BCUT2D eigenvalue weighted by Crippen LogP contribution is 2.40. The lowest BCUT2D eigenvalue weighted by molar-refractivity contribution is -0.132. The second kappa shape index (κ2) is 10.7. The number of carbonyl (C=O) groups is 2. The normalized spacial score (nSPS) is 15.7. The number of amides is 1. The summed E-state index contributed by atoms with van der Waals surface area (Å²) in [6.07, 6.45) is 1.78. The zero-order valence-electron chi connectivity index (χ0n) is 18.5. The van der Waals surface area contributed by atoms with Gasteiger partial charge in [0.25, 0.3) is 5.91 Å². The van der Waals surface area contributed by atoms with E-state index in [-0.39, 0.29) is 5.91 Å². The maximum absolute atomic E-state index is 13.5. The van der Waals surface area contributed by atoms with E-state index in [1.807, 2.05) is 67.6 Å². The average molecular weight is 537 g/mol. The first kappa shape index (κ1) is 23.8. The Morgan fingerprint density at radius 3 is 2.38 bits per heavy atom. The molecule has 1 fully saturated rings. The van der Waals surface area contributed by atoms with Gasteiger partial charge in [0.05, 0.1) is 22.9 Å². The molecule has 34 heavy (non-hydrogen) atoms. The highest BCUT2D eigenvalue weighted by atomic mass is 79.9. The molecule has 6 nitrogen and oxygen atoms in total. The summed E-state index contributed by atoms with van der Waals surface area (Å²) < 4.78 is 11.6. The van der Waals surface area contributed by atoms with Crippen LogP contribution < -0.4 is 14.4 Å². The summed E-state index contributed by atoms with van der Waals surface area (Å²) in [5.74, 6) is 0.105. The van der Waals surface area contributed by atoms with Gasteiger partial charge in [-0.05, 0) is 66.7 Å². The number of carbonyl (C=O) groups excluding carboxylic acids is 2. The SMILES string of the molecule is CCOc1cc(C=C2SC(=Nc3ccccc3)N(c3ccccc3)C2=O)c(Br)cc1OC(C)=O. The molecule has 0 aromatic heterocycles. The number of hydrogen-bond donors (Lipinski definition) is 0. The van der Waals surface area contributed by atoms with Crippen LogP contribution in [0.2, 0.25) is 0 Å². The van der Waals surface area contributed by atoms with Gasteiger partial charge in [0.15, 0.2) is 16.7 Å². The number of anilines is 1. The van der Waals surface area contributed by atoms with Crippen LogP contribution in [0.3, 0.4) is 0 Å². The molecular formula is C26H21BrN2O4S. The van der Waals surface area contributed by atoms with Crippen LogP contribution in [-0.4, -0.2) is 23.7 Å². The first-order chi connectivity index (χ1) is 16.5. The molecule has 0 spiro atoms. The van der Waals surface area contributed by atoms with E-state index in [9.17, 15) is 9.59 Å². The number of ether oxygens (including phenoxy) is 2. The van der Waals surface area contributed by atoms with Gasteiger partial charge in [-0.2, -0.15) is 0 Å². The Hall–Kier alpha value is -3.36. The minimum atomic E-state index is -0.444. The molecule has 1 saturated heterocycles. The van der Waals surface area contributed by atoms with Crippen molar-refractivity contribution in [2.75, 3.05) is 11.5 Å². The lowest BCUT2D eigenvalue weighted by atomic mass is 10.1. The van der Waals surface area contributed by atoms with E-state index < -0.39 is 5.97 Å². The van der Waals surface area contributed by atoms with Crippen LogP contribution in [-0.2, 0) is 9.59 Å². The average Bonchev–Trinajstić information content (AvgIpc) is 3.12. The molecular weight excluding hydrogens is 516 g/mol. The number of benzene rings is 3. The van der Waals surface area contributed by atoms with Crippen molar-refractivity contribution in [3.8, 4) is 11.5 Å². The van der Waals surface area contributed by atoms with Crippen LogP contribution in [0.5, 0.6) is 11.5 Å². The van der Waals surface area contributed by atoms with E-state index >= 15 is 0 Å². The van der Waals surface area contributed by atoms with E-state index in [4.69, 9.17) is 14.5 Å². The molecule has 0 atom stereocenters. The molecule has 0 N–H and O–H groups in total. The summed E-state index contributed by atoms with van der Waals surface area (Å²) in [6.45, 7) is 3.58. The minimum absolute atomic E-state index is 0.181. The quantitative estimate of drug-likeness (QED) is 0.202. The number of para-hydroxylation sites is 2. The maximum atomic E-state index is 13.5. The number of hydrogen-bond acceptors (Lipinski definition) is 6. The van der Waals surface area contributed by atoms with E-state index in [0.717, 1.165) is 11.4 Å². The highest BCUT2D eigenvalue weighted by Gasteiger charge is 2.35. The Balaban J connectivity index is 1.76. The number of nitrogens with zero attached hydrogens (tertiary/aromatic N) is 2. The standard InChI is InChI=1S/C26H21BrN2O4S/c1-3-32-22-14-18(21(27)16-23(22)33-17(2)30)15-24-25(31)29(20-12-8-5-9-13-20)26(34-24)28-19-10-6-4-7-11-19/h4-16H,3H2,1-2H3. The summed E-state index contributed by atoms with van der Waals surface area (Å²) >= 11 is 4.82. The Morgan fingerprint density at radius 2 is 1.74 bits per heavy atom. The van der Waals surface area contributed by atoms with Crippen molar-refractivity contribution in [3.05, 3.63) is 87.7 Å². The maximum Gasteiger partial charge on any atom is 0.308 e. The third-order valence-corrected chi connectivity index (χ3v) is 6.36. The molecule has 1 heterocycles. The van der Waals surface area contributed by atoms with Crippen molar-refractivity contribution in [1.82, 2.24) is 0 Å². The van der Waals surface area contributed by atoms with Crippen molar-refractivity contribution >= 4 is 62.2 Å². The molecule has 0 aliphatic carbocycles. The predicted octanol–water partition coefficient (Wildman–Crippen LogP) is 6.58. The van der Waals surface area contributed by atoms with Crippen molar-refractivity contribution in [1.29, 1.82) is 0 Å². The third kappa shape index (κ3) is 5.40. The van der Waals surface area contributed by atoms with Gasteiger partial charge in [0, 0.05) is 11.4 Å². The van der Waals surface area contributed by atoms with Gasteiger partial charge in [-0.25, -0.2) is 4.99 Å². The fraction of sp³-hybridized carbons (Fsp3) is 0.115. The smallest absolute Gasteiger partial charge is 0.308 e. The fourth-order valence-corrected chi connectivity index (χ4v) is 4.70. The molecule has 0 saturated carbocycles. The van der Waals surface area contributed by atoms with Gasteiger partial charge in [0.1, 0.15) is 0 Å². The van der Waals surface area contributed by atoms with Gasteiger partial charge in [-0.3, -0.25) is 14.5 Å². The fourth-order valence-electron chi connectivity index (χ4n) is 3.27. The first-order valence-electron chi connectivity index (χ1n) is 10.5. The number of amidine groups is 1. The Bertz CT molecular complexity index is 1280. The second-order valence-corrected chi connectivity index (χ2v) is 9.03. The van der Waals surface area contributed by atoms with Crippen molar-refractivity contribution < 1.29 is 19.1 Å². The molecule has 1 aliphatic heterocycles.